The fourth-order valence-corrected chi connectivity index (χ4v) is 10.2. The highest BCUT2D eigenvalue weighted by Crippen LogP contribution is 2.22. The Bertz CT molecular complexity index is 2200. The van der Waals surface area contributed by atoms with E-state index in [-0.39, 0.29) is 91.8 Å². The Balaban J connectivity index is 2.19. The molecule has 1 heterocycles. The molecule has 0 fully saturated rings. The molecule has 27 heteroatoms. The maximum absolute atomic E-state index is 13.5. The minimum Gasteiger partial charge on any atom is -0.481 e. The minimum atomic E-state index is -1.17. The maximum Gasteiger partial charge on any atom is 0.326 e. The molecule has 588 valence electrons. The molecule has 5 N–H and O–H groups in total. The van der Waals surface area contributed by atoms with Crippen LogP contribution in [0.4, 0.5) is 0 Å². The quantitative estimate of drug-likeness (QED) is 0.0379. The zero-order valence-corrected chi connectivity index (χ0v) is 63.1. The van der Waals surface area contributed by atoms with Crippen LogP contribution in [0.2, 0.25) is 0 Å². The molecule has 0 radical (unpaired) electrons. The van der Waals surface area contributed by atoms with Gasteiger partial charge in [0.05, 0.1) is 164 Å². The van der Waals surface area contributed by atoms with E-state index in [0.29, 0.717) is 203 Å². The van der Waals surface area contributed by atoms with Crippen LogP contribution in [0.3, 0.4) is 0 Å². The molecule has 2 atom stereocenters. The smallest absolute Gasteiger partial charge is 0.326 e. The van der Waals surface area contributed by atoms with Crippen molar-refractivity contribution in [3.8, 4) is 0 Å². The molecule has 3 amide bonds. The van der Waals surface area contributed by atoms with Gasteiger partial charge in [0, 0.05) is 69.6 Å². The van der Waals surface area contributed by atoms with Crippen molar-refractivity contribution in [1.82, 2.24) is 30.9 Å². The summed E-state index contributed by atoms with van der Waals surface area (Å²) in [7, 11) is 0. The molecule has 101 heavy (non-hydrogen) atoms. The number of hydrogen-bond acceptors (Lipinski definition) is 21. The van der Waals surface area contributed by atoms with Gasteiger partial charge in [0.15, 0.2) is 0 Å². The molecule has 0 bridgehead atoms. The average Bonchev–Trinajstić information content (AvgIpc) is 1.83. The average molecular weight is 1450 g/mol. The van der Waals surface area contributed by atoms with Gasteiger partial charge < -0.3 is 83.0 Å². The molecule has 0 unspecified atom stereocenters. The molecule has 0 aliphatic rings. The summed E-state index contributed by atoms with van der Waals surface area (Å²) in [4.78, 5) is 86.7. The Morgan fingerprint density at radius 1 is 0.406 bits per heavy atom. The number of nitrogens with zero attached hydrogens (tertiary/aromatic N) is 3. The van der Waals surface area contributed by atoms with Crippen molar-refractivity contribution in [3.63, 3.8) is 0 Å². The summed E-state index contributed by atoms with van der Waals surface area (Å²) < 4.78 is 68.3. The highest BCUT2D eigenvalue weighted by molar-refractivity contribution is 5.88. The number of nitrogens with one attached hydrogen (secondary N) is 3. The van der Waals surface area contributed by atoms with E-state index in [2.05, 4.69) is 47.0 Å². The zero-order valence-electron chi connectivity index (χ0n) is 63.1. The van der Waals surface area contributed by atoms with Crippen molar-refractivity contribution in [2.75, 3.05) is 165 Å². The third kappa shape index (κ3) is 64.7. The summed E-state index contributed by atoms with van der Waals surface area (Å²) in [6.45, 7) is 23.5. The molecule has 0 aliphatic carbocycles. The SMILES string of the molecule is CC(C)(C)CCCCn1cc(CCC(=O)N[C@@H](CCCCCC(=O)CC[C@H](NC(=O)CCCCCCCCCCCCCCCCC(=O)O)C(=O)O)C(=O)NCCOCCOCCOCCOCCOCCOCCOCCOCCOCCOCCOCCOCCC(=O)C(C)(C)C)nn1. The number of aliphatic carboxylic acids is 2. The van der Waals surface area contributed by atoms with Gasteiger partial charge in [0.1, 0.15) is 23.7 Å². The van der Waals surface area contributed by atoms with Crippen molar-refractivity contribution < 1.29 is 101 Å². The van der Waals surface area contributed by atoms with E-state index in [1.807, 2.05) is 27.0 Å². The molecule has 0 saturated heterocycles. The first-order valence-corrected chi connectivity index (χ1v) is 37.9. The molecule has 27 nitrogen and oxygen atoms in total. The summed E-state index contributed by atoms with van der Waals surface area (Å²) in [6.07, 6.45) is 23.7. The number of amides is 3. The first-order chi connectivity index (χ1) is 48.8. The van der Waals surface area contributed by atoms with Crippen molar-refractivity contribution in [1.29, 1.82) is 0 Å². The van der Waals surface area contributed by atoms with Crippen LogP contribution in [-0.2, 0) is 103 Å². The summed E-state index contributed by atoms with van der Waals surface area (Å²) in [5.41, 5.74) is 0.629. The highest BCUT2D eigenvalue weighted by Gasteiger charge is 2.24. The first kappa shape index (κ1) is 94.4. The molecule has 1 aromatic heterocycles. The fourth-order valence-electron chi connectivity index (χ4n) is 10.2. The van der Waals surface area contributed by atoms with E-state index < -0.39 is 24.0 Å². The Hall–Kier alpha value is -4.65. The first-order valence-electron chi connectivity index (χ1n) is 37.9. The number of rotatable bonds is 76. The van der Waals surface area contributed by atoms with Crippen LogP contribution in [0.15, 0.2) is 6.20 Å². The van der Waals surface area contributed by atoms with Crippen LogP contribution < -0.4 is 16.0 Å². The molecular formula is C74H136N6O21. The molecule has 0 aromatic carbocycles. The zero-order chi connectivity index (χ0) is 74.0. The number of aromatic nitrogens is 3. The van der Waals surface area contributed by atoms with Gasteiger partial charge in [-0.2, -0.15) is 0 Å². The molecule has 1 aromatic rings. The number of carbonyl (C=O) groups is 7. The van der Waals surface area contributed by atoms with E-state index in [9.17, 15) is 38.7 Å². The lowest BCUT2D eigenvalue weighted by Gasteiger charge is -2.18. The summed E-state index contributed by atoms with van der Waals surface area (Å²) in [5.74, 6) is -2.76. The van der Waals surface area contributed by atoms with Gasteiger partial charge in [0.25, 0.3) is 0 Å². The lowest BCUT2D eigenvalue weighted by atomic mass is 9.89. The standard InChI is InChI=1S/C74H136N6O21/c1-73(2,3)35-24-25-37-80-62-63(78-79-80)30-33-69(84)76-65(27-21-19-20-26-64(81)31-32-66(72(88)89)77-68(83)28-22-17-15-13-11-9-7-8-10-12-14-16-18-23-29-70(85)86)71(87)75-36-39-91-41-43-93-45-47-95-49-51-97-53-55-99-57-59-101-61-60-100-58-56-98-54-52-96-50-48-94-46-44-92-42-40-90-38-34-67(82)74(4,5)6/h62,65-66H,7-61H2,1-6H3,(H,75,87)(H,76,84)(H,77,83)(H,85,86)(H,88,89)/t65-,66-/m0/s1. The molecular weight excluding hydrogens is 1310 g/mol. The Morgan fingerprint density at radius 3 is 1.20 bits per heavy atom. The largest absolute Gasteiger partial charge is 0.481 e. The number of carbonyl (C=O) groups excluding carboxylic acids is 5. The number of unbranched alkanes of at least 4 members (excludes halogenated alkanes) is 16. The van der Waals surface area contributed by atoms with Crippen LogP contribution in [0.1, 0.15) is 227 Å². The molecule has 0 saturated carbocycles. The summed E-state index contributed by atoms with van der Waals surface area (Å²) >= 11 is 0. The monoisotopic (exact) mass is 1440 g/mol. The molecule has 1 rings (SSSR count). The Labute approximate surface area is 604 Å². The van der Waals surface area contributed by atoms with Gasteiger partial charge in [0.2, 0.25) is 17.7 Å². The van der Waals surface area contributed by atoms with Crippen molar-refractivity contribution in [2.45, 2.75) is 246 Å². The van der Waals surface area contributed by atoms with Crippen LogP contribution in [0.25, 0.3) is 0 Å². The van der Waals surface area contributed by atoms with Gasteiger partial charge in [-0.25, -0.2) is 4.79 Å². The van der Waals surface area contributed by atoms with E-state index >= 15 is 0 Å². The number of ether oxygens (including phenoxy) is 12. The lowest BCUT2D eigenvalue weighted by molar-refractivity contribution is -0.142. The third-order valence-corrected chi connectivity index (χ3v) is 16.2. The van der Waals surface area contributed by atoms with Crippen LogP contribution in [0.5, 0.6) is 0 Å². The third-order valence-electron chi connectivity index (χ3n) is 16.2. The second kappa shape index (κ2) is 66.1. The normalized spacial score (nSPS) is 12.4. The second-order valence-corrected chi connectivity index (χ2v) is 27.7. The van der Waals surface area contributed by atoms with E-state index in [1.165, 1.54) is 38.5 Å². The predicted octanol–water partition coefficient (Wildman–Crippen LogP) is 9.43. The minimum absolute atomic E-state index is 0.00835. The van der Waals surface area contributed by atoms with Gasteiger partial charge >= 0.3 is 11.9 Å². The van der Waals surface area contributed by atoms with Gasteiger partial charge in [-0.3, -0.25) is 33.4 Å². The maximum atomic E-state index is 13.5. The number of ketones is 2. The van der Waals surface area contributed by atoms with E-state index in [1.54, 1.807) is 4.68 Å². The van der Waals surface area contributed by atoms with Gasteiger partial charge in [-0.05, 0) is 50.4 Å². The number of carboxylic acid groups (broad SMARTS) is 2. The van der Waals surface area contributed by atoms with E-state index in [0.717, 1.165) is 70.8 Å². The van der Waals surface area contributed by atoms with Crippen LogP contribution in [-0.4, -0.2) is 244 Å². The van der Waals surface area contributed by atoms with Crippen molar-refractivity contribution in [2.24, 2.45) is 10.8 Å². The van der Waals surface area contributed by atoms with E-state index in [4.69, 9.17) is 61.9 Å². The van der Waals surface area contributed by atoms with Crippen molar-refractivity contribution in [3.05, 3.63) is 11.9 Å². The number of Topliss-reactive ketones (excluding diaryl/α,β-unsaturated/α-hetero) is 2. The highest BCUT2D eigenvalue weighted by atomic mass is 16.6. The second-order valence-electron chi connectivity index (χ2n) is 27.7. The number of carboxylic acids is 2. The number of hydrogen-bond donors (Lipinski definition) is 5. The Kier molecular flexibility index (Phi) is 61.7. The molecule has 0 spiro atoms. The molecule has 0 aliphatic heterocycles. The van der Waals surface area contributed by atoms with Gasteiger partial charge in [-0.15, -0.1) is 5.10 Å². The van der Waals surface area contributed by atoms with Crippen LogP contribution >= 0.6 is 0 Å². The van der Waals surface area contributed by atoms with Crippen molar-refractivity contribution >= 4 is 41.2 Å². The lowest BCUT2D eigenvalue weighted by Crippen LogP contribution is -2.47. The van der Waals surface area contributed by atoms with Crippen LogP contribution in [0, 0.1) is 10.8 Å². The summed E-state index contributed by atoms with van der Waals surface area (Å²) in [6, 6.07) is -1.96. The fraction of sp³-hybridized carbons (Fsp3) is 0.878. The number of aryl methyl sites for hydroxylation is 2. The predicted molar refractivity (Wildman–Crippen MR) is 384 cm³/mol. The summed E-state index contributed by atoms with van der Waals surface area (Å²) in [5, 5.41) is 35.4. The van der Waals surface area contributed by atoms with Gasteiger partial charge in [-0.1, -0.05) is 143 Å². The Morgan fingerprint density at radius 2 is 0.782 bits per heavy atom. The topological polar surface area (TPSA) is 338 Å².